The van der Waals surface area contributed by atoms with Gasteiger partial charge in [-0.25, -0.2) is 0 Å². The highest BCUT2D eigenvalue weighted by atomic mass is 32.1. The zero-order chi connectivity index (χ0) is 85.8. The molecule has 0 atom stereocenters. The number of nitrogens with zero attached hydrogens (tertiary/aromatic N) is 6. The van der Waals surface area contributed by atoms with Crippen LogP contribution in [0, 0.1) is 13.8 Å². The third-order valence-electron chi connectivity index (χ3n) is 27.5. The molecule has 0 aliphatic heterocycles. The quantitative estimate of drug-likeness (QED) is 0.168. The van der Waals surface area contributed by atoms with Gasteiger partial charge in [-0.05, 0) is 128 Å². The van der Waals surface area contributed by atoms with Gasteiger partial charge >= 0.3 is 0 Å². The molecule has 0 saturated heterocycles. The summed E-state index contributed by atoms with van der Waals surface area (Å²) in [5.41, 5.74) is 22.7. The molecule has 30 aromatic rings. The lowest BCUT2D eigenvalue weighted by atomic mass is 10.00. The van der Waals surface area contributed by atoms with Crippen LogP contribution in [0.3, 0.4) is 0 Å². The molecular formula is C120H78N6S4. The molecule has 0 amide bonds. The predicted octanol–water partition coefficient (Wildman–Crippen LogP) is 34.8. The molecule has 0 bridgehead atoms. The first-order valence-corrected chi connectivity index (χ1v) is 47.8. The summed E-state index contributed by atoms with van der Waals surface area (Å²) in [4.78, 5) is 0. The molecule has 20 aromatic carbocycles. The fourth-order valence-electron chi connectivity index (χ4n) is 22.0. The lowest BCUT2D eigenvalue weighted by molar-refractivity contribution is 1.01. The molecule has 612 valence electrons. The van der Waals surface area contributed by atoms with Crippen molar-refractivity contribution in [3.63, 3.8) is 0 Å². The number of hydrogen-bond acceptors (Lipinski definition) is 4. The van der Waals surface area contributed by atoms with E-state index in [-0.39, 0.29) is 0 Å². The van der Waals surface area contributed by atoms with Crippen molar-refractivity contribution >= 4 is 278 Å². The standard InChI is InChI=1S/2C31H20N2S.2C29H19NS/c1-32-23-16-8-5-13-20(23)28-29(32)30-26(27-22-15-7-10-18-25(22)34-31(27)28)21-14-6-9-17-24(21)33(30)19-11-3-2-4-12-19;1-32-23-16-8-5-13-20(23)26-27-22-15-7-10-18-25(22)34-31(27)28-21-14-6-9-17-24(21)33(30(28)29(26)32)19-11-3-2-4-12-19;1-18-14-16-19(17-15-18)30-24-12-6-4-10-22(24)26-27-23-11-5-7-13-25(23)31-29(27)21-9-3-2-8-20(21)28(26)30;1-18-14-16-19(17-15-18)30-24-12-6-4-10-22(24)27-28(30)21-9-3-2-8-20(21)26-23-11-5-7-13-25(23)31-29(26)27/h2*2-18H,1H3;2*2-17H,1H3. The van der Waals surface area contributed by atoms with Crippen LogP contribution < -0.4 is 0 Å². The number of aryl methyl sites for hydroxylation is 4. The van der Waals surface area contributed by atoms with E-state index in [9.17, 15) is 0 Å². The fraction of sp³-hybridized carbons (Fsp3) is 0.0333. The Labute approximate surface area is 761 Å². The van der Waals surface area contributed by atoms with E-state index in [0.29, 0.717) is 0 Å². The highest BCUT2D eigenvalue weighted by molar-refractivity contribution is 7.28. The molecule has 0 saturated carbocycles. The maximum Gasteiger partial charge on any atom is 0.0800 e. The van der Waals surface area contributed by atoms with E-state index in [1.165, 1.54) is 267 Å². The largest absolute Gasteiger partial charge is 0.342 e. The van der Waals surface area contributed by atoms with Gasteiger partial charge in [0.1, 0.15) is 0 Å². The average molecular weight is 1730 g/mol. The summed E-state index contributed by atoms with van der Waals surface area (Å²) in [6, 6.07) is 146. The van der Waals surface area contributed by atoms with Crippen LogP contribution in [0.15, 0.2) is 400 Å². The lowest BCUT2D eigenvalue weighted by Gasteiger charge is -2.11. The van der Waals surface area contributed by atoms with Crippen LogP contribution in [-0.2, 0) is 14.1 Å². The number of fused-ring (bicyclic) bond motifs is 44. The number of para-hydroxylation sites is 8. The molecule has 0 unspecified atom stereocenters. The van der Waals surface area contributed by atoms with E-state index in [1.807, 2.05) is 45.3 Å². The van der Waals surface area contributed by atoms with Gasteiger partial charge in [-0.3, -0.25) is 0 Å². The Bertz CT molecular complexity index is 9980. The van der Waals surface area contributed by atoms with Gasteiger partial charge in [0.2, 0.25) is 0 Å². The predicted molar refractivity (Wildman–Crippen MR) is 567 cm³/mol. The van der Waals surface area contributed by atoms with Crippen LogP contribution in [0.1, 0.15) is 11.1 Å². The minimum Gasteiger partial charge on any atom is -0.342 e. The van der Waals surface area contributed by atoms with Crippen molar-refractivity contribution in [2.45, 2.75) is 13.8 Å². The van der Waals surface area contributed by atoms with Crippen molar-refractivity contribution in [3.05, 3.63) is 412 Å². The number of hydrogen-bond donors (Lipinski definition) is 0. The van der Waals surface area contributed by atoms with E-state index in [0.717, 1.165) is 0 Å². The highest BCUT2D eigenvalue weighted by Gasteiger charge is 2.30. The van der Waals surface area contributed by atoms with Crippen molar-refractivity contribution in [2.24, 2.45) is 14.1 Å². The van der Waals surface area contributed by atoms with E-state index < -0.39 is 0 Å². The van der Waals surface area contributed by atoms with Crippen molar-refractivity contribution in [1.82, 2.24) is 27.4 Å². The number of benzene rings is 20. The first kappa shape index (κ1) is 74.8. The van der Waals surface area contributed by atoms with Gasteiger partial charge in [0, 0.05) is 209 Å². The van der Waals surface area contributed by atoms with Gasteiger partial charge in [0.05, 0.1) is 55.2 Å². The summed E-state index contributed by atoms with van der Waals surface area (Å²) in [7, 11) is 4.44. The summed E-state index contributed by atoms with van der Waals surface area (Å²) >= 11 is 7.68. The Morgan fingerprint density at radius 1 is 0.154 bits per heavy atom. The molecule has 0 radical (unpaired) electrons. The van der Waals surface area contributed by atoms with E-state index in [2.05, 4.69) is 456 Å². The van der Waals surface area contributed by atoms with Gasteiger partial charge in [-0.15, -0.1) is 45.3 Å². The molecule has 0 spiro atoms. The summed E-state index contributed by atoms with van der Waals surface area (Å²) in [6.45, 7) is 4.29. The molecule has 10 heteroatoms. The summed E-state index contributed by atoms with van der Waals surface area (Å²) in [6.07, 6.45) is 0. The first-order valence-electron chi connectivity index (χ1n) is 44.5. The number of rotatable bonds is 4. The molecule has 10 aromatic heterocycles. The normalized spacial score (nSPS) is 12.2. The van der Waals surface area contributed by atoms with Gasteiger partial charge in [-0.1, -0.05) is 302 Å². The van der Waals surface area contributed by atoms with Gasteiger partial charge in [0.15, 0.2) is 0 Å². The second-order valence-corrected chi connectivity index (χ2v) is 38.8. The van der Waals surface area contributed by atoms with Gasteiger partial charge in [-0.2, -0.15) is 0 Å². The smallest absolute Gasteiger partial charge is 0.0800 e. The summed E-state index contributed by atoms with van der Waals surface area (Å²) in [5, 5.41) is 32.3. The first-order chi connectivity index (χ1) is 64.3. The fourth-order valence-corrected chi connectivity index (χ4v) is 27.1. The van der Waals surface area contributed by atoms with Crippen LogP contribution in [0.25, 0.3) is 256 Å². The molecule has 0 aliphatic carbocycles. The van der Waals surface area contributed by atoms with Crippen LogP contribution in [0.5, 0.6) is 0 Å². The third-order valence-corrected chi connectivity index (χ3v) is 32.2. The maximum absolute atomic E-state index is 2.47. The van der Waals surface area contributed by atoms with Crippen molar-refractivity contribution in [3.8, 4) is 22.7 Å². The van der Waals surface area contributed by atoms with Crippen LogP contribution in [-0.4, -0.2) is 27.4 Å². The Balaban J connectivity index is 0.0000000892. The second-order valence-electron chi connectivity index (χ2n) is 34.5. The molecule has 30 rings (SSSR count). The zero-order valence-corrected chi connectivity index (χ0v) is 74.7. The molecule has 6 nitrogen and oxygen atoms in total. The molecule has 10 heterocycles. The van der Waals surface area contributed by atoms with Crippen LogP contribution >= 0.6 is 45.3 Å². The van der Waals surface area contributed by atoms with E-state index in [1.54, 1.807) is 0 Å². The van der Waals surface area contributed by atoms with Crippen LogP contribution in [0.4, 0.5) is 0 Å². The molecule has 0 N–H and O–H groups in total. The van der Waals surface area contributed by atoms with E-state index in [4.69, 9.17) is 0 Å². The number of aromatic nitrogens is 6. The molecular weight excluding hydrogens is 1650 g/mol. The van der Waals surface area contributed by atoms with Crippen LogP contribution in [0.2, 0.25) is 0 Å². The molecule has 0 aliphatic rings. The minimum atomic E-state index is 1.19. The highest BCUT2D eigenvalue weighted by Crippen LogP contribution is 2.55. The molecule has 130 heavy (non-hydrogen) atoms. The van der Waals surface area contributed by atoms with Gasteiger partial charge in [0.25, 0.3) is 0 Å². The Hall–Kier alpha value is -15.4. The minimum absolute atomic E-state index is 1.19. The number of thiophene rings is 4. The Morgan fingerprint density at radius 2 is 0.385 bits per heavy atom. The van der Waals surface area contributed by atoms with Gasteiger partial charge < -0.3 is 27.4 Å². The zero-order valence-electron chi connectivity index (χ0n) is 71.4. The lowest BCUT2D eigenvalue weighted by Crippen LogP contribution is -1.96. The Kier molecular flexibility index (Phi) is 16.7. The third kappa shape index (κ3) is 10.8. The SMILES string of the molecule is Cc1ccc(-n2c3ccccc3c3c4c5ccccc5sc4c4ccccc4c32)cc1.Cc1ccc(-n2c3ccccc3c3c4sc5ccccc5c4c4ccccc4c32)cc1.Cn1c2ccccc2c2c3c4ccccc4sc3c3c4ccccc4n(-c4ccccc4)c3c21.Cn1c2ccccc2c2c3sc4ccccc4c3c3c4ccccc4n(-c4ccccc4)c3c21. The summed E-state index contributed by atoms with van der Waals surface area (Å²) < 4.78 is 25.6. The van der Waals surface area contributed by atoms with E-state index >= 15 is 0 Å². The topological polar surface area (TPSA) is 29.6 Å². The Morgan fingerprint density at radius 3 is 0.808 bits per heavy atom. The van der Waals surface area contributed by atoms with Crippen molar-refractivity contribution in [2.75, 3.05) is 0 Å². The van der Waals surface area contributed by atoms with Crippen molar-refractivity contribution < 1.29 is 0 Å². The van der Waals surface area contributed by atoms with Crippen molar-refractivity contribution in [1.29, 1.82) is 0 Å². The average Bonchev–Trinajstić information content (AvgIpc) is 1.53. The maximum atomic E-state index is 2.47. The monoisotopic (exact) mass is 1730 g/mol. The summed E-state index contributed by atoms with van der Waals surface area (Å²) in [5.74, 6) is 0. The molecule has 0 fully saturated rings. The second kappa shape index (κ2) is 29.1.